The molecule has 0 aromatic heterocycles. The van der Waals surface area contributed by atoms with Crippen LogP contribution in [-0.4, -0.2) is 61.3 Å². The second-order valence-corrected chi connectivity index (χ2v) is 9.43. The van der Waals surface area contributed by atoms with Crippen LogP contribution in [0, 0.1) is 0 Å². The van der Waals surface area contributed by atoms with E-state index in [4.69, 9.17) is 14.2 Å². The summed E-state index contributed by atoms with van der Waals surface area (Å²) in [5.41, 5.74) is 3.62. The maximum atomic E-state index is 13.3. The summed E-state index contributed by atoms with van der Waals surface area (Å²) < 4.78 is 16.4. The van der Waals surface area contributed by atoms with Gasteiger partial charge < -0.3 is 19.1 Å². The van der Waals surface area contributed by atoms with E-state index in [0.29, 0.717) is 12.5 Å². The Labute approximate surface area is 208 Å². The highest BCUT2D eigenvalue weighted by Gasteiger charge is 2.34. The highest BCUT2D eigenvalue weighted by atomic mass is 35.5. The number of methoxy groups -OCH3 is 1. The lowest BCUT2D eigenvalue weighted by atomic mass is 9.94. The van der Waals surface area contributed by atoms with Crippen molar-refractivity contribution in [3.05, 3.63) is 53.1 Å². The molecule has 6 nitrogen and oxygen atoms in total. The van der Waals surface area contributed by atoms with Crippen LogP contribution >= 0.6 is 12.4 Å². The summed E-state index contributed by atoms with van der Waals surface area (Å²) in [4.78, 5) is 18.1. The van der Waals surface area contributed by atoms with Crippen molar-refractivity contribution in [1.82, 2.24) is 9.80 Å². The van der Waals surface area contributed by atoms with Gasteiger partial charge in [0.15, 0.2) is 11.5 Å². The molecule has 3 aliphatic rings. The fourth-order valence-corrected chi connectivity index (χ4v) is 5.60. The zero-order valence-corrected chi connectivity index (χ0v) is 20.9. The minimum atomic E-state index is 0. The molecular formula is C27H35ClN2O4. The van der Waals surface area contributed by atoms with Gasteiger partial charge in [-0.05, 0) is 80.1 Å². The highest BCUT2D eigenvalue weighted by Crippen LogP contribution is 2.36. The molecule has 0 radical (unpaired) electrons. The minimum Gasteiger partial charge on any atom is -0.497 e. The maximum absolute atomic E-state index is 13.3. The molecule has 34 heavy (non-hydrogen) atoms. The first-order valence-electron chi connectivity index (χ1n) is 12.2. The summed E-state index contributed by atoms with van der Waals surface area (Å²) in [5, 5.41) is 0. The van der Waals surface area contributed by atoms with E-state index in [-0.39, 0.29) is 31.1 Å². The number of fused-ring (bicyclic) bond motifs is 2. The third kappa shape index (κ3) is 5.13. The number of likely N-dealkylation sites (tertiary alicyclic amines) is 1. The SMILES string of the molecule is COc1ccc(CCN2CCCCC2C(C)N2CCc3cc4c(cc3CC2=O)OCO4)cc1.Cl. The standard InChI is InChI=1S/C27H34N2O4.ClH/c1-19(24-5-3-4-12-28(24)13-10-20-6-8-23(31-2)9-7-20)29-14-11-21-15-25-26(33-18-32-25)16-22(21)17-27(29)30;/h6-9,15-16,19,24H,3-5,10-14,17-18H2,1-2H3;1H. The minimum absolute atomic E-state index is 0. The van der Waals surface area contributed by atoms with Crippen LogP contribution in [0.3, 0.4) is 0 Å². The fraction of sp³-hybridized carbons (Fsp3) is 0.519. The molecule has 1 fully saturated rings. The van der Waals surface area contributed by atoms with E-state index < -0.39 is 0 Å². The molecule has 1 saturated heterocycles. The Bertz CT molecular complexity index is 997. The summed E-state index contributed by atoms with van der Waals surface area (Å²) >= 11 is 0. The molecule has 3 heterocycles. The largest absolute Gasteiger partial charge is 0.497 e. The zero-order valence-electron chi connectivity index (χ0n) is 20.1. The van der Waals surface area contributed by atoms with E-state index in [2.05, 4.69) is 34.9 Å². The summed E-state index contributed by atoms with van der Waals surface area (Å²) in [6, 6.07) is 13.0. The van der Waals surface area contributed by atoms with E-state index in [1.165, 1.54) is 24.0 Å². The van der Waals surface area contributed by atoms with Gasteiger partial charge in [-0.1, -0.05) is 18.6 Å². The van der Waals surface area contributed by atoms with Crippen molar-refractivity contribution in [1.29, 1.82) is 0 Å². The molecule has 2 atom stereocenters. The van der Waals surface area contributed by atoms with E-state index in [1.54, 1.807) is 7.11 Å². The topological polar surface area (TPSA) is 51.2 Å². The van der Waals surface area contributed by atoms with Gasteiger partial charge in [0.1, 0.15) is 5.75 Å². The van der Waals surface area contributed by atoms with Gasteiger partial charge in [-0.25, -0.2) is 0 Å². The third-order valence-electron chi connectivity index (χ3n) is 7.54. The van der Waals surface area contributed by atoms with Crippen LogP contribution in [0.15, 0.2) is 36.4 Å². The van der Waals surface area contributed by atoms with Gasteiger partial charge in [-0.3, -0.25) is 9.69 Å². The number of ether oxygens (including phenoxy) is 3. The number of hydrogen-bond acceptors (Lipinski definition) is 5. The van der Waals surface area contributed by atoms with Crippen LogP contribution in [0.25, 0.3) is 0 Å². The molecule has 1 amide bonds. The van der Waals surface area contributed by atoms with Gasteiger partial charge in [0.05, 0.1) is 13.5 Å². The maximum Gasteiger partial charge on any atom is 0.231 e. The molecular weight excluding hydrogens is 452 g/mol. The lowest BCUT2D eigenvalue weighted by Crippen LogP contribution is -2.54. The second-order valence-electron chi connectivity index (χ2n) is 9.43. The fourth-order valence-electron chi connectivity index (χ4n) is 5.60. The quantitative estimate of drug-likeness (QED) is 0.610. The van der Waals surface area contributed by atoms with Gasteiger partial charge in [-0.2, -0.15) is 0 Å². The number of rotatable bonds is 6. The van der Waals surface area contributed by atoms with Gasteiger partial charge in [0.25, 0.3) is 0 Å². The molecule has 2 aromatic rings. The first-order valence-corrected chi connectivity index (χ1v) is 12.2. The first-order chi connectivity index (χ1) is 16.1. The van der Waals surface area contributed by atoms with Gasteiger partial charge in [-0.15, -0.1) is 12.4 Å². The highest BCUT2D eigenvalue weighted by molar-refractivity contribution is 5.85. The summed E-state index contributed by atoms with van der Waals surface area (Å²) in [7, 11) is 1.70. The average molecular weight is 487 g/mol. The molecule has 0 saturated carbocycles. The second kappa shape index (κ2) is 10.9. The Balaban J connectivity index is 0.00000274. The van der Waals surface area contributed by atoms with Gasteiger partial charge in [0, 0.05) is 25.2 Å². The van der Waals surface area contributed by atoms with Gasteiger partial charge >= 0.3 is 0 Å². The summed E-state index contributed by atoms with van der Waals surface area (Å²) in [6.07, 6.45) is 5.93. The zero-order chi connectivity index (χ0) is 22.8. The lowest BCUT2D eigenvalue weighted by molar-refractivity contribution is -0.134. The molecule has 5 rings (SSSR count). The molecule has 0 spiro atoms. The van der Waals surface area contributed by atoms with Crippen molar-refractivity contribution in [2.24, 2.45) is 0 Å². The van der Waals surface area contributed by atoms with E-state index in [0.717, 1.165) is 61.7 Å². The monoisotopic (exact) mass is 486 g/mol. The summed E-state index contributed by atoms with van der Waals surface area (Å²) in [6.45, 7) is 5.40. The Hall–Kier alpha value is -2.44. The van der Waals surface area contributed by atoms with Crippen molar-refractivity contribution in [2.45, 2.75) is 57.5 Å². The number of piperidine rings is 1. The number of nitrogens with zero attached hydrogens (tertiary/aromatic N) is 2. The normalized spacial score (nSPS) is 20.8. The van der Waals surface area contributed by atoms with E-state index in [9.17, 15) is 4.79 Å². The van der Waals surface area contributed by atoms with Crippen molar-refractivity contribution in [2.75, 3.05) is 33.5 Å². The number of hydrogen-bond donors (Lipinski definition) is 0. The number of carbonyl (C=O) groups excluding carboxylic acids is 1. The number of benzene rings is 2. The third-order valence-corrected chi connectivity index (χ3v) is 7.54. The molecule has 2 unspecified atom stereocenters. The molecule has 7 heteroatoms. The van der Waals surface area contributed by atoms with Crippen molar-refractivity contribution in [3.8, 4) is 17.2 Å². The molecule has 0 bridgehead atoms. The van der Waals surface area contributed by atoms with Crippen LogP contribution in [0.5, 0.6) is 17.2 Å². The smallest absolute Gasteiger partial charge is 0.231 e. The van der Waals surface area contributed by atoms with Crippen molar-refractivity contribution < 1.29 is 19.0 Å². The Morgan fingerprint density at radius 3 is 2.53 bits per heavy atom. The predicted octanol–water partition coefficient (Wildman–Crippen LogP) is 4.26. The van der Waals surface area contributed by atoms with Crippen LogP contribution < -0.4 is 14.2 Å². The Morgan fingerprint density at radius 1 is 1.06 bits per heavy atom. The van der Waals surface area contributed by atoms with Crippen LogP contribution in [0.2, 0.25) is 0 Å². The van der Waals surface area contributed by atoms with Crippen LogP contribution in [0.1, 0.15) is 42.9 Å². The lowest BCUT2D eigenvalue weighted by Gasteiger charge is -2.43. The Kier molecular flexibility index (Phi) is 7.89. The predicted molar refractivity (Wildman–Crippen MR) is 134 cm³/mol. The van der Waals surface area contributed by atoms with E-state index >= 15 is 0 Å². The average Bonchev–Trinajstić information content (AvgIpc) is 3.23. The number of carbonyl (C=O) groups is 1. The first kappa shape index (κ1) is 24.7. The summed E-state index contributed by atoms with van der Waals surface area (Å²) in [5.74, 6) is 2.69. The van der Waals surface area contributed by atoms with Crippen LogP contribution in [0.4, 0.5) is 0 Å². The van der Waals surface area contributed by atoms with Gasteiger partial charge in [0.2, 0.25) is 12.7 Å². The molecule has 0 aliphatic carbocycles. The molecule has 3 aliphatic heterocycles. The number of amides is 1. The molecule has 2 aromatic carbocycles. The van der Waals surface area contributed by atoms with Crippen LogP contribution in [-0.2, 0) is 24.1 Å². The van der Waals surface area contributed by atoms with E-state index in [1.807, 2.05) is 18.2 Å². The molecule has 0 N–H and O–H groups in total. The van der Waals surface area contributed by atoms with Crippen molar-refractivity contribution >= 4 is 18.3 Å². The molecule has 184 valence electrons. The Morgan fingerprint density at radius 2 is 1.79 bits per heavy atom. The van der Waals surface area contributed by atoms with Crippen molar-refractivity contribution in [3.63, 3.8) is 0 Å². The number of halogens is 1.